The summed E-state index contributed by atoms with van der Waals surface area (Å²) < 4.78 is 13.7. The molecule has 1 N–H and O–H groups in total. The summed E-state index contributed by atoms with van der Waals surface area (Å²) in [5.74, 6) is -3.33. The van der Waals surface area contributed by atoms with Crippen molar-refractivity contribution < 1.29 is 18.8 Å². The lowest BCUT2D eigenvalue weighted by atomic mass is 9.75. The van der Waals surface area contributed by atoms with Gasteiger partial charge >= 0.3 is 0 Å². The fourth-order valence-electron chi connectivity index (χ4n) is 6.27. The smallest absolute Gasteiger partial charge is 0.250 e. The minimum atomic E-state index is -1.28. The summed E-state index contributed by atoms with van der Waals surface area (Å²) in [4.78, 5) is 44.2. The number of imide groups is 1. The summed E-state index contributed by atoms with van der Waals surface area (Å²) in [5.41, 5.74) is 0.960. The molecule has 6 nitrogen and oxygen atoms in total. The molecular weight excluding hydrogens is 456 g/mol. The fourth-order valence-corrected chi connectivity index (χ4v) is 6.60. The molecule has 0 saturated carbocycles. The number of rotatable bonds is 1. The van der Waals surface area contributed by atoms with Crippen LogP contribution in [-0.2, 0) is 19.9 Å². The van der Waals surface area contributed by atoms with Gasteiger partial charge in [0.05, 0.1) is 28.2 Å². The third-order valence-corrected chi connectivity index (χ3v) is 8.22. The number of nitrogens with one attached hydrogen (secondary N) is 1. The number of nitrogens with zero attached hydrogens (tertiary/aromatic N) is 2. The maximum Gasteiger partial charge on any atom is 0.250 e. The molecule has 4 aliphatic heterocycles. The Morgan fingerprint density at radius 1 is 1.09 bits per heavy atom. The molecule has 0 aliphatic carbocycles. The van der Waals surface area contributed by atoms with Crippen molar-refractivity contribution in [3.8, 4) is 0 Å². The molecular formula is C23H18Cl2FN3O3. The first kappa shape index (κ1) is 20.1. The molecule has 0 radical (unpaired) electrons. The Morgan fingerprint density at radius 2 is 1.88 bits per heavy atom. The van der Waals surface area contributed by atoms with Gasteiger partial charge in [0.15, 0.2) is 0 Å². The minimum Gasteiger partial charge on any atom is -0.324 e. The van der Waals surface area contributed by atoms with Crippen molar-refractivity contribution in [2.24, 2.45) is 11.8 Å². The molecule has 3 fully saturated rings. The first-order valence-corrected chi connectivity index (χ1v) is 11.2. The molecule has 4 aliphatic rings. The summed E-state index contributed by atoms with van der Waals surface area (Å²) in [6, 6.07) is 7.06. The van der Waals surface area contributed by atoms with Crippen molar-refractivity contribution in [1.82, 2.24) is 4.90 Å². The molecule has 0 unspecified atom stereocenters. The van der Waals surface area contributed by atoms with Crippen LogP contribution >= 0.6 is 23.2 Å². The van der Waals surface area contributed by atoms with Gasteiger partial charge in [0.25, 0.3) is 0 Å². The summed E-state index contributed by atoms with van der Waals surface area (Å²) in [7, 11) is 0. The number of carbonyl (C=O) groups excluding carboxylic acids is 3. The van der Waals surface area contributed by atoms with Crippen molar-refractivity contribution >= 4 is 52.3 Å². The highest BCUT2D eigenvalue weighted by atomic mass is 35.5. The van der Waals surface area contributed by atoms with Crippen molar-refractivity contribution in [3.05, 3.63) is 57.3 Å². The van der Waals surface area contributed by atoms with Gasteiger partial charge in [-0.25, -0.2) is 9.29 Å². The average Bonchev–Trinajstić information content (AvgIpc) is 3.46. The predicted octanol–water partition coefficient (Wildman–Crippen LogP) is 3.87. The zero-order chi connectivity index (χ0) is 22.5. The van der Waals surface area contributed by atoms with Gasteiger partial charge in [-0.1, -0.05) is 29.3 Å². The number of hydrogen-bond acceptors (Lipinski definition) is 4. The molecule has 3 amide bonds. The van der Waals surface area contributed by atoms with Crippen LogP contribution in [0.5, 0.6) is 0 Å². The first-order valence-electron chi connectivity index (χ1n) is 10.5. The van der Waals surface area contributed by atoms with E-state index in [-0.39, 0.29) is 28.6 Å². The first-order chi connectivity index (χ1) is 15.3. The average molecular weight is 474 g/mol. The second-order valence-corrected chi connectivity index (χ2v) is 9.65. The van der Waals surface area contributed by atoms with E-state index < -0.39 is 29.1 Å². The lowest BCUT2D eigenvalue weighted by Gasteiger charge is -2.36. The number of amides is 3. The van der Waals surface area contributed by atoms with E-state index in [1.807, 2.05) is 11.8 Å². The van der Waals surface area contributed by atoms with Crippen LogP contribution in [-0.4, -0.2) is 35.2 Å². The van der Waals surface area contributed by atoms with Gasteiger partial charge in [0, 0.05) is 16.6 Å². The Bertz CT molecular complexity index is 1250. The third-order valence-electron chi connectivity index (χ3n) is 7.52. The van der Waals surface area contributed by atoms with E-state index in [2.05, 4.69) is 5.32 Å². The van der Waals surface area contributed by atoms with Gasteiger partial charge in [0.2, 0.25) is 17.7 Å². The quantitative estimate of drug-likeness (QED) is 0.638. The predicted molar refractivity (Wildman–Crippen MR) is 117 cm³/mol. The zero-order valence-electron chi connectivity index (χ0n) is 17.0. The topological polar surface area (TPSA) is 69.7 Å². The lowest BCUT2D eigenvalue weighted by molar-refractivity contribution is -0.135. The normalized spacial score (nSPS) is 30.8. The molecule has 0 bridgehead atoms. The van der Waals surface area contributed by atoms with Crippen LogP contribution in [0.15, 0.2) is 30.3 Å². The maximum atomic E-state index is 13.8. The van der Waals surface area contributed by atoms with Crippen molar-refractivity contribution in [2.45, 2.75) is 31.3 Å². The number of fused-ring (bicyclic) bond motifs is 7. The molecule has 3 saturated heterocycles. The van der Waals surface area contributed by atoms with E-state index in [1.165, 1.54) is 12.1 Å². The molecule has 4 atom stereocenters. The third kappa shape index (κ3) is 2.21. The standard InChI is InChI=1S/C23H18Cl2FN3O3/c1-10-13(24)6-5-12-19(10)27-22(32)23(12)18-17(16-3-2-8-28(16)23)20(30)29(21(18)31)11-4-7-15(26)14(25)9-11/h4-7,9,16-18H,2-3,8H2,1H3,(H,27,32)/t16-,17+,18-,23-/m0/s1. The zero-order valence-corrected chi connectivity index (χ0v) is 18.5. The highest BCUT2D eigenvalue weighted by Gasteiger charge is 2.74. The molecule has 9 heteroatoms. The molecule has 2 aromatic rings. The van der Waals surface area contributed by atoms with Gasteiger partial charge in [-0.15, -0.1) is 0 Å². The van der Waals surface area contributed by atoms with Crippen LogP contribution in [0.1, 0.15) is 24.0 Å². The van der Waals surface area contributed by atoms with Crippen molar-refractivity contribution in [3.63, 3.8) is 0 Å². The number of carbonyl (C=O) groups is 3. The summed E-state index contributed by atoms with van der Waals surface area (Å²) >= 11 is 12.2. The molecule has 6 rings (SSSR count). The van der Waals surface area contributed by atoms with E-state index in [0.717, 1.165) is 29.4 Å². The minimum absolute atomic E-state index is 0.174. The Morgan fingerprint density at radius 3 is 2.62 bits per heavy atom. The summed E-state index contributed by atoms with van der Waals surface area (Å²) in [5, 5.41) is 3.30. The molecule has 0 aromatic heterocycles. The van der Waals surface area contributed by atoms with Gasteiger partial charge in [-0.2, -0.15) is 0 Å². The fraction of sp³-hybridized carbons (Fsp3) is 0.348. The summed E-state index contributed by atoms with van der Waals surface area (Å²) in [6.07, 6.45) is 1.55. The second kappa shape index (κ2) is 6.53. The van der Waals surface area contributed by atoms with Crippen LogP contribution in [0.2, 0.25) is 10.0 Å². The SMILES string of the molecule is Cc1c(Cl)ccc2c1NC(=O)[C@@]21[C@@H]2C(=O)N(c3ccc(F)c(Cl)c3)C(=O)[C@@H]2[C@@H]2CCCN21. The van der Waals surface area contributed by atoms with Crippen LogP contribution in [0.4, 0.5) is 15.8 Å². The van der Waals surface area contributed by atoms with Crippen LogP contribution < -0.4 is 10.2 Å². The molecule has 32 heavy (non-hydrogen) atoms. The van der Waals surface area contributed by atoms with Gasteiger partial charge in [-0.3, -0.25) is 19.3 Å². The maximum absolute atomic E-state index is 13.8. The number of benzene rings is 2. The van der Waals surface area contributed by atoms with Crippen LogP contribution in [0, 0.1) is 24.6 Å². The number of anilines is 2. The molecule has 164 valence electrons. The van der Waals surface area contributed by atoms with Gasteiger partial charge < -0.3 is 5.32 Å². The Kier molecular flexibility index (Phi) is 4.11. The van der Waals surface area contributed by atoms with Crippen LogP contribution in [0.25, 0.3) is 0 Å². The molecule has 4 heterocycles. The van der Waals surface area contributed by atoms with E-state index >= 15 is 0 Å². The van der Waals surface area contributed by atoms with E-state index in [4.69, 9.17) is 23.2 Å². The Hall–Kier alpha value is -2.48. The Labute approximate surface area is 193 Å². The van der Waals surface area contributed by atoms with Crippen LogP contribution in [0.3, 0.4) is 0 Å². The second-order valence-electron chi connectivity index (χ2n) is 8.83. The van der Waals surface area contributed by atoms with E-state index in [1.54, 1.807) is 12.1 Å². The highest BCUT2D eigenvalue weighted by Crippen LogP contribution is 2.61. The van der Waals surface area contributed by atoms with E-state index in [9.17, 15) is 18.8 Å². The highest BCUT2D eigenvalue weighted by molar-refractivity contribution is 6.33. The molecule has 1 spiro atoms. The number of halogens is 3. The largest absolute Gasteiger partial charge is 0.324 e. The Balaban J connectivity index is 1.56. The molecule has 2 aromatic carbocycles. The van der Waals surface area contributed by atoms with Crippen molar-refractivity contribution in [1.29, 1.82) is 0 Å². The van der Waals surface area contributed by atoms with Gasteiger partial charge in [0.1, 0.15) is 11.4 Å². The lowest BCUT2D eigenvalue weighted by Crippen LogP contribution is -2.54. The monoisotopic (exact) mass is 473 g/mol. The van der Waals surface area contributed by atoms with E-state index in [0.29, 0.717) is 22.8 Å². The van der Waals surface area contributed by atoms with Crippen molar-refractivity contribution in [2.75, 3.05) is 16.8 Å². The number of hydrogen-bond donors (Lipinski definition) is 1. The van der Waals surface area contributed by atoms with Gasteiger partial charge in [-0.05, 0) is 56.1 Å². The summed E-state index contributed by atoms with van der Waals surface area (Å²) in [6.45, 7) is 2.44.